The first-order chi connectivity index (χ1) is 11.6. The first-order valence-corrected chi connectivity index (χ1v) is 8.51. The molecule has 0 radical (unpaired) electrons. The second-order valence-corrected chi connectivity index (χ2v) is 6.24. The molecule has 1 fully saturated rings. The summed E-state index contributed by atoms with van der Waals surface area (Å²) in [7, 11) is 1.95. The van der Waals surface area contributed by atoms with Gasteiger partial charge in [0.1, 0.15) is 0 Å². The van der Waals surface area contributed by atoms with Gasteiger partial charge in [-0.25, -0.2) is 0 Å². The molecular weight excluding hydrogens is 344 g/mol. The van der Waals surface area contributed by atoms with Crippen LogP contribution in [0.3, 0.4) is 0 Å². The van der Waals surface area contributed by atoms with Gasteiger partial charge in [-0.3, -0.25) is 14.9 Å². The first-order valence-electron chi connectivity index (χ1n) is 8.51. The molecule has 1 heterocycles. The summed E-state index contributed by atoms with van der Waals surface area (Å²) in [5.74, 6) is 0.784. The number of piperidine rings is 1. The summed E-state index contributed by atoms with van der Waals surface area (Å²) in [6.45, 7) is 3.37. The lowest BCUT2D eigenvalue weighted by atomic mass is 9.97. The number of hydrogen-bond acceptors (Lipinski definition) is 5. The number of hydrogen-bond donors (Lipinski definition) is 2. The van der Waals surface area contributed by atoms with E-state index in [1.807, 2.05) is 11.9 Å². The first kappa shape index (κ1) is 21.2. The quantitative estimate of drug-likeness (QED) is 0.417. The lowest BCUT2D eigenvalue weighted by molar-refractivity contribution is -0.384. The highest BCUT2D eigenvalue weighted by molar-refractivity contribution is 5.85. The molecule has 0 aliphatic carbocycles. The van der Waals surface area contributed by atoms with E-state index in [0.717, 1.165) is 38.2 Å². The lowest BCUT2D eigenvalue weighted by Gasteiger charge is -2.32. The van der Waals surface area contributed by atoms with Crippen LogP contribution in [0.25, 0.3) is 0 Å². The van der Waals surface area contributed by atoms with Crippen LogP contribution in [0, 0.1) is 16.0 Å². The minimum atomic E-state index is -0.414. The fourth-order valence-electron chi connectivity index (χ4n) is 3.08. The summed E-state index contributed by atoms with van der Waals surface area (Å²) in [5, 5.41) is 17.0. The van der Waals surface area contributed by atoms with Crippen molar-refractivity contribution in [2.45, 2.75) is 25.7 Å². The van der Waals surface area contributed by atoms with Crippen LogP contribution in [-0.2, 0) is 4.79 Å². The monoisotopic (exact) mass is 370 g/mol. The van der Waals surface area contributed by atoms with Crippen molar-refractivity contribution in [3.05, 3.63) is 34.4 Å². The van der Waals surface area contributed by atoms with E-state index in [9.17, 15) is 14.9 Å². The zero-order valence-electron chi connectivity index (χ0n) is 14.6. The Kier molecular flexibility index (Phi) is 9.23. The van der Waals surface area contributed by atoms with Crippen LogP contribution in [0.2, 0.25) is 0 Å². The van der Waals surface area contributed by atoms with Crippen molar-refractivity contribution in [2.75, 3.05) is 38.5 Å². The summed E-state index contributed by atoms with van der Waals surface area (Å²) >= 11 is 0. The van der Waals surface area contributed by atoms with Crippen LogP contribution in [0.4, 0.5) is 11.4 Å². The fourth-order valence-corrected chi connectivity index (χ4v) is 3.08. The number of non-ortho nitro benzene ring substituents is 1. The van der Waals surface area contributed by atoms with E-state index >= 15 is 0 Å². The zero-order valence-corrected chi connectivity index (χ0v) is 15.4. The summed E-state index contributed by atoms with van der Waals surface area (Å²) in [5.41, 5.74) is 0.914. The van der Waals surface area contributed by atoms with E-state index in [0.29, 0.717) is 18.9 Å². The zero-order chi connectivity index (χ0) is 17.4. The maximum Gasteiger partial charge on any atom is 0.269 e. The molecule has 1 atom stereocenters. The largest absolute Gasteiger partial charge is 0.385 e. The Morgan fingerprint density at radius 1 is 1.36 bits per heavy atom. The van der Waals surface area contributed by atoms with Crippen molar-refractivity contribution >= 4 is 29.7 Å². The van der Waals surface area contributed by atoms with Gasteiger partial charge in [0, 0.05) is 43.9 Å². The second kappa shape index (κ2) is 10.9. The number of nitrogens with one attached hydrogen (secondary N) is 2. The molecule has 1 unspecified atom stereocenters. The summed E-state index contributed by atoms with van der Waals surface area (Å²) in [6, 6.07) is 6.33. The third-order valence-electron chi connectivity index (χ3n) is 4.34. The summed E-state index contributed by atoms with van der Waals surface area (Å²) < 4.78 is 0. The Hall–Kier alpha value is -1.86. The molecule has 0 spiro atoms. The highest BCUT2D eigenvalue weighted by atomic mass is 35.5. The Bertz CT molecular complexity index is 551. The van der Waals surface area contributed by atoms with E-state index in [1.54, 1.807) is 12.1 Å². The molecule has 1 amide bonds. The number of benzene rings is 1. The van der Waals surface area contributed by atoms with Gasteiger partial charge in [-0.2, -0.15) is 0 Å². The molecule has 1 saturated heterocycles. The molecule has 140 valence electrons. The lowest BCUT2D eigenvalue weighted by Crippen LogP contribution is -2.42. The average molecular weight is 371 g/mol. The summed E-state index contributed by atoms with van der Waals surface area (Å²) in [4.78, 5) is 24.5. The highest BCUT2D eigenvalue weighted by Gasteiger charge is 2.22. The molecule has 1 aromatic rings. The Labute approximate surface area is 154 Å². The molecule has 1 aromatic carbocycles. The van der Waals surface area contributed by atoms with Crippen molar-refractivity contribution in [3.8, 4) is 0 Å². The average Bonchev–Trinajstić information content (AvgIpc) is 2.59. The van der Waals surface area contributed by atoms with E-state index in [2.05, 4.69) is 10.6 Å². The smallest absolute Gasteiger partial charge is 0.269 e. The van der Waals surface area contributed by atoms with Crippen molar-refractivity contribution in [1.29, 1.82) is 0 Å². The Morgan fingerprint density at radius 2 is 2.08 bits per heavy atom. The van der Waals surface area contributed by atoms with Gasteiger partial charge in [0.05, 0.1) is 4.92 Å². The molecular formula is C17H27ClN4O3. The third kappa shape index (κ3) is 6.88. The number of likely N-dealkylation sites (tertiary alicyclic amines) is 1. The van der Waals surface area contributed by atoms with Crippen LogP contribution in [0.1, 0.15) is 25.7 Å². The summed E-state index contributed by atoms with van der Waals surface area (Å²) in [6.07, 6.45) is 3.56. The third-order valence-corrected chi connectivity index (χ3v) is 4.34. The van der Waals surface area contributed by atoms with Gasteiger partial charge in [0.2, 0.25) is 5.91 Å². The predicted octanol–water partition coefficient (Wildman–Crippen LogP) is 2.67. The van der Waals surface area contributed by atoms with Crippen molar-refractivity contribution in [3.63, 3.8) is 0 Å². The van der Waals surface area contributed by atoms with Crippen LogP contribution in [0.5, 0.6) is 0 Å². The molecule has 1 aliphatic heterocycles. The molecule has 0 saturated carbocycles. The number of rotatable bonds is 8. The predicted molar refractivity (Wildman–Crippen MR) is 101 cm³/mol. The second-order valence-electron chi connectivity index (χ2n) is 6.24. The minimum absolute atomic E-state index is 0. The van der Waals surface area contributed by atoms with Crippen molar-refractivity contribution < 1.29 is 9.72 Å². The van der Waals surface area contributed by atoms with Crippen LogP contribution >= 0.6 is 12.4 Å². The number of anilines is 1. The number of nitro groups is 1. The molecule has 2 N–H and O–H groups in total. The standard InChI is InChI=1S/C17H26N4O3.ClH/c1-18-12-14-4-3-11-20(13-14)17(22)5-2-10-19-15-6-8-16(9-7-15)21(23)24;/h6-9,14,18-19H,2-5,10-13H2,1H3;1H. The van der Waals surface area contributed by atoms with Crippen LogP contribution in [-0.4, -0.2) is 49.0 Å². The molecule has 8 heteroatoms. The van der Waals surface area contributed by atoms with Gasteiger partial charge < -0.3 is 15.5 Å². The van der Waals surface area contributed by atoms with Gasteiger partial charge in [-0.05, 0) is 50.9 Å². The highest BCUT2D eigenvalue weighted by Crippen LogP contribution is 2.17. The van der Waals surface area contributed by atoms with E-state index in [-0.39, 0.29) is 24.0 Å². The van der Waals surface area contributed by atoms with Crippen LogP contribution in [0.15, 0.2) is 24.3 Å². The topological polar surface area (TPSA) is 87.5 Å². The molecule has 0 bridgehead atoms. The van der Waals surface area contributed by atoms with E-state index in [1.165, 1.54) is 18.6 Å². The Balaban J connectivity index is 0.00000312. The minimum Gasteiger partial charge on any atom is -0.385 e. The molecule has 7 nitrogen and oxygen atoms in total. The molecule has 0 aromatic heterocycles. The maximum atomic E-state index is 12.3. The number of nitrogens with zero attached hydrogens (tertiary/aromatic N) is 2. The SMILES string of the molecule is CNCC1CCCN(C(=O)CCCNc2ccc([N+](=O)[O-])cc2)C1.Cl. The molecule has 2 rings (SSSR count). The number of amides is 1. The van der Waals surface area contributed by atoms with E-state index in [4.69, 9.17) is 0 Å². The van der Waals surface area contributed by atoms with E-state index < -0.39 is 4.92 Å². The number of carbonyl (C=O) groups excluding carboxylic acids is 1. The number of halogens is 1. The van der Waals surface area contributed by atoms with Gasteiger partial charge in [-0.1, -0.05) is 0 Å². The van der Waals surface area contributed by atoms with Gasteiger partial charge in [0.15, 0.2) is 0 Å². The van der Waals surface area contributed by atoms with Gasteiger partial charge in [-0.15, -0.1) is 12.4 Å². The fraction of sp³-hybridized carbons (Fsp3) is 0.588. The number of carbonyl (C=O) groups is 1. The van der Waals surface area contributed by atoms with Crippen molar-refractivity contribution in [1.82, 2.24) is 10.2 Å². The van der Waals surface area contributed by atoms with Crippen LogP contribution < -0.4 is 10.6 Å². The Morgan fingerprint density at radius 3 is 2.72 bits per heavy atom. The number of nitro benzene ring substituents is 1. The molecule has 25 heavy (non-hydrogen) atoms. The normalized spacial score (nSPS) is 16.8. The van der Waals surface area contributed by atoms with Gasteiger partial charge in [0.25, 0.3) is 5.69 Å². The molecule has 1 aliphatic rings. The van der Waals surface area contributed by atoms with Crippen molar-refractivity contribution in [2.24, 2.45) is 5.92 Å². The maximum absolute atomic E-state index is 12.3. The van der Waals surface area contributed by atoms with Gasteiger partial charge >= 0.3 is 0 Å².